The molecule has 1 unspecified atom stereocenters. The number of carbonyl (C=O) groups is 1. The monoisotopic (exact) mass is 332 g/mol. The highest BCUT2D eigenvalue weighted by atomic mass is 16.3. The Morgan fingerprint density at radius 3 is 2.56 bits per heavy atom. The Hall–Kier alpha value is -2.56. The van der Waals surface area contributed by atoms with Crippen molar-refractivity contribution in [1.82, 2.24) is 4.90 Å². The molecule has 4 heteroatoms. The average molecular weight is 332 g/mol. The van der Waals surface area contributed by atoms with Crippen LogP contribution in [0.4, 0.5) is 0 Å². The molecule has 1 aliphatic heterocycles. The molecule has 0 bridgehead atoms. The molecule has 25 heavy (non-hydrogen) atoms. The number of aliphatic hydroxyl groups excluding tert-OH is 1. The molecular weight excluding hydrogens is 312 g/mol. The lowest BCUT2D eigenvalue weighted by Gasteiger charge is -2.37. The predicted octanol–water partition coefficient (Wildman–Crippen LogP) is 2.59. The van der Waals surface area contributed by atoms with Gasteiger partial charge in [-0.2, -0.15) is 5.26 Å². The number of likely N-dealkylation sites (tertiary alicyclic amines) is 1. The third kappa shape index (κ3) is 2.64. The molecule has 1 N–H and O–H groups in total. The van der Waals surface area contributed by atoms with Gasteiger partial charge in [0.05, 0.1) is 5.70 Å². The van der Waals surface area contributed by atoms with Crippen LogP contribution in [0.2, 0.25) is 0 Å². The molecular formula is C21H20N2O2. The molecule has 0 amide bonds. The average Bonchev–Trinajstić information content (AvgIpc) is 3.39. The number of fused-ring (bicyclic) bond motifs is 1. The third-order valence-electron chi connectivity index (χ3n) is 5.94. The fourth-order valence-electron chi connectivity index (χ4n) is 4.09. The zero-order valence-corrected chi connectivity index (χ0v) is 14.1. The van der Waals surface area contributed by atoms with Crippen LogP contribution in [0.25, 0.3) is 5.70 Å². The van der Waals surface area contributed by atoms with Gasteiger partial charge in [0.2, 0.25) is 0 Å². The molecule has 1 aromatic carbocycles. The van der Waals surface area contributed by atoms with Gasteiger partial charge in [0.15, 0.2) is 5.78 Å². The fourth-order valence-corrected chi connectivity index (χ4v) is 4.09. The molecule has 126 valence electrons. The number of benzene rings is 1. The standard InChI is InChI=1S/C21H20N2O2/c1-2-18(24)15-4-3-14-12-19(25)17(13-22)20(16(14)11-15)23-9-7-21(5-6-21)8-10-23/h1,3-4,11,18,24H,5-10,12H2. The van der Waals surface area contributed by atoms with Crippen molar-refractivity contribution in [1.29, 1.82) is 5.26 Å². The number of nitrogens with zero attached hydrogens (tertiary/aromatic N) is 2. The predicted molar refractivity (Wildman–Crippen MR) is 94.0 cm³/mol. The second-order valence-corrected chi connectivity index (χ2v) is 7.41. The minimum Gasteiger partial charge on any atom is -0.376 e. The smallest absolute Gasteiger partial charge is 0.179 e. The van der Waals surface area contributed by atoms with Crippen LogP contribution in [0.5, 0.6) is 0 Å². The van der Waals surface area contributed by atoms with E-state index < -0.39 is 6.10 Å². The summed E-state index contributed by atoms with van der Waals surface area (Å²) in [5, 5.41) is 19.6. The minimum atomic E-state index is -0.981. The van der Waals surface area contributed by atoms with Crippen LogP contribution in [0.1, 0.15) is 48.5 Å². The molecule has 1 saturated carbocycles. The summed E-state index contributed by atoms with van der Waals surface area (Å²) in [4.78, 5) is 14.7. The maximum absolute atomic E-state index is 12.5. The van der Waals surface area contributed by atoms with Gasteiger partial charge in [-0.25, -0.2) is 0 Å². The lowest BCUT2D eigenvalue weighted by Crippen LogP contribution is -2.36. The van der Waals surface area contributed by atoms with E-state index >= 15 is 0 Å². The van der Waals surface area contributed by atoms with E-state index in [2.05, 4.69) is 16.9 Å². The van der Waals surface area contributed by atoms with Crippen molar-refractivity contribution in [2.75, 3.05) is 13.1 Å². The van der Waals surface area contributed by atoms with Crippen LogP contribution in [0.3, 0.4) is 0 Å². The number of hydrogen-bond acceptors (Lipinski definition) is 4. The lowest BCUT2D eigenvalue weighted by molar-refractivity contribution is -0.114. The number of nitriles is 1. The number of ketones is 1. The molecule has 2 fully saturated rings. The number of carbonyl (C=O) groups excluding carboxylic acids is 1. The Labute approximate surface area is 147 Å². The molecule has 1 atom stereocenters. The van der Waals surface area contributed by atoms with Crippen LogP contribution in [0.15, 0.2) is 23.8 Å². The van der Waals surface area contributed by atoms with Gasteiger partial charge in [0, 0.05) is 25.1 Å². The molecule has 1 heterocycles. The summed E-state index contributed by atoms with van der Waals surface area (Å²) >= 11 is 0. The molecule has 4 rings (SSSR count). The van der Waals surface area contributed by atoms with E-state index in [1.807, 2.05) is 12.1 Å². The van der Waals surface area contributed by atoms with Gasteiger partial charge in [0.25, 0.3) is 0 Å². The summed E-state index contributed by atoms with van der Waals surface area (Å²) < 4.78 is 0. The molecule has 1 aromatic rings. The highest BCUT2D eigenvalue weighted by molar-refractivity contribution is 6.10. The van der Waals surface area contributed by atoms with E-state index in [1.54, 1.807) is 6.07 Å². The Kier molecular flexibility index (Phi) is 3.67. The summed E-state index contributed by atoms with van der Waals surface area (Å²) in [5.41, 5.74) is 3.89. The van der Waals surface area contributed by atoms with Crippen LogP contribution >= 0.6 is 0 Å². The number of Topliss-reactive ketones (excluding diaryl/α,β-unsaturated/α-hetero) is 1. The number of terminal acetylenes is 1. The maximum atomic E-state index is 12.5. The fraction of sp³-hybridized carbons (Fsp3) is 0.429. The normalized spacial score (nSPS) is 22.2. The summed E-state index contributed by atoms with van der Waals surface area (Å²) in [6.07, 6.45) is 9.43. The highest BCUT2D eigenvalue weighted by Crippen LogP contribution is 2.54. The van der Waals surface area contributed by atoms with Crippen molar-refractivity contribution in [3.63, 3.8) is 0 Å². The number of allylic oxidation sites excluding steroid dienone is 1. The van der Waals surface area contributed by atoms with Crippen molar-refractivity contribution >= 4 is 11.5 Å². The van der Waals surface area contributed by atoms with Gasteiger partial charge in [-0.1, -0.05) is 18.1 Å². The van der Waals surface area contributed by atoms with E-state index in [-0.39, 0.29) is 17.8 Å². The maximum Gasteiger partial charge on any atom is 0.179 e. The zero-order chi connectivity index (χ0) is 17.6. The molecule has 1 saturated heterocycles. The van der Waals surface area contributed by atoms with E-state index in [0.717, 1.165) is 42.8 Å². The van der Waals surface area contributed by atoms with Gasteiger partial charge >= 0.3 is 0 Å². The molecule has 4 nitrogen and oxygen atoms in total. The quantitative estimate of drug-likeness (QED) is 0.846. The molecule has 2 aliphatic carbocycles. The van der Waals surface area contributed by atoms with Crippen molar-refractivity contribution in [3.05, 3.63) is 40.5 Å². The van der Waals surface area contributed by atoms with Crippen molar-refractivity contribution in [2.24, 2.45) is 5.41 Å². The first-order valence-corrected chi connectivity index (χ1v) is 8.77. The molecule has 0 aromatic heterocycles. The first kappa shape index (κ1) is 15.9. The number of hydrogen-bond donors (Lipinski definition) is 1. The Balaban J connectivity index is 1.78. The van der Waals surface area contributed by atoms with E-state index in [4.69, 9.17) is 6.42 Å². The number of rotatable bonds is 2. The topological polar surface area (TPSA) is 64.3 Å². The van der Waals surface area contributed by atoms with Crippen LogP contribution in [-0.4, -0.2) is 28.9 Å². The van der Waals surface area contributed by atoms with Gasteiger partial charge in [0.1, 0.15) is 17.7 Å². The summed E-state index contributed by atoms with van der Waals surface area (Å²) in [7, 11) is 0. The zero-order valence-electron chi connectivity index (χ0n) is 14.1. The van der Waals surface area contributed by atoms with Crippen molar-refractivity contribution in [3.8, 4) is 18.4 Å². The molecule has 3 aliphatic rings. The highest BCUT2D eigenvalue weighted by Gasteiger charge is 2.45. The van der Waals surface area contributed by atoms with Gasteiger partial charge in [-0.05, 0) is 48.3 Å². The Morgan fingerprint density at radius 1 is 1.24 bits per heavy atom. The summed E-state index contributed by atoms with van der Waals surface area (Å²) in [5.74, 6) is 2.21. The third-order valence-corrected chi connectivity index (χ3v) is 5.94. The number of aliphatic hydroxyl groups is 1. The largest absolute Gasteiger partial charge is 0.376 e. The summed E-state index contributed by atoms with van der Waals surface area (Å²) in [6.45, 7) is 1.74. The Morgan fingerprint density at radius 2 is 1.96 bits per heavy atom. The first-order valence-electron chi connectivity index (χ1n) is 8.77. The van der Waals surface area contributed by atoms with E-state index in [9.17, 15) is 15.2 Å². The van der Waals surface area contributed by atoms with Crippen molar-refractivity contribution in [2.45, 2.75) is 38.2 Å². The second kappa shape index (κ2) is 5.76. The van der Waals surface area contributed by atoms with E-state index in [0.29, 0.717) is 11.0 Å². The van der Waals surface area contributed by atoms with Crippen LogP contribution in [0, 0.1) is 29.1 Å². The van der Waals surface area contributed by atoms with E-state index in [1.165, 1.54) is 12.8 Å². The molecule has 1 spiro atoms. The Bertz CT molecular complexity index is 855. The van der Waals surface area contributed by atoms with Gasteiger partial charge < -0.3 is 10.0 Å². The minimum absolute atomic E-state index is 0.123. The number of piperidine rings is 1. The lowest BCUT2D eigenvalue weighted by atomic mass is 9.84. The first-order chi connectivity index (χ1) is 12.1. The summed E-state index contributed by atoms with van der Waals surface area (Å²) in [6, 6.07) is 7.59. The van der Waals surface area contributed by atoms with Crippen molar-refractivity contribution < 1.29 is 9.90 Å². The van der Waals surface area contributed by atoms with Crippen LogP contribution < -0.4 is 0 Å². The second-order valence-electron chi connectivity index (χ2n) is 7.41. The van der Waals surface area contributed by atoms with Crippen LogP contribution in [-0.2, 0) is 11.2 Å². The SMILES string of the molecule is C#CC(O)c1ccc2c(c1)C(N1CCC3(CC1)CC3)=C(C#N)C(=O)C2. The molecule has 0 radical (unpaired) electrons. The van der Waals surface area contributed by atoms with Gasteiger partial charge in [-0.15, -0.1) is 6.42 Å². The van der Waals surface area contributed by atoms with Gasteiger partial charge in [-0.3, -0.25) is 4.79 Å².